The van der Waals surface area contributed by atoms with E-state index in [1.165, 1.54) is 22.9 Å². The number of H-pyrrole nitrogens is 1. The first kappa shape index (κ1) is 15.4. The third-order valence-corrected chi connectivity index (χ3v) is 2.86. The van der Waals surface area contributed by atoms with E-state index in [1.807, 2.05) is 6.92 Å². The molecule has 2 aromatic heterocycles. The lowest BCUT2D eigenvalue weighted by molar-refractivity contribution is -0.385. The van der Waals surface area contributed by atoms with Crippen LogP contribution in [0.15, 0.2) is 43.0 Å². The second kappa shape index (κ2) is 6.61. The number of rotatable bonds is 2. The summed E-state index contributed by atoms with van der Waals surface area (Å²) in [7, 11) is 0. The van der Waals surface area contributed by atoms with Crippen molar-refractivity contribution in [2.24, 2.45) is 0 Å². The fourth-order valence-electron chi connectivity index (χ4n) is 1.78. The van der Waals surface area contributed by atoms with Crippen molar-refractivity contribution in [1.82, 2.24) is 19.5 Å². The fraction of sp³-hybridized carbons (Fsp3) is 0.143. The predicted molar refractivity (Wildman–Crippen MR) is 78.2 cm³/mol. The van der Waals surface area contributed by atoms with Crippen LogP contribution in [0.5, 0.6) is 0 Å². The normalized spacial score (nSPS) is 9.95. The maximum absolute atomic E-state index is 13.6. The minimum absolute atomic E-state index is 0.251. The van der Waals surface area contributed by atoms with Gasteiger partial charge in [-0.25, -0.2) is 14.4 Å². The second-order valence-corrected chi connectivity index (χ2v) is 4.41. The molecular weight excluding hydrogens is 289 g/mol. The number of hydrogen-bond donors (Lipinski definition) is 1. The lowest BCUT2D eigenvalue weighted by Crippen LogP contribution is -2.00. The highest BCUT2D eigenvalue weighted by Crippen LogP contribution is 2.20. The molecule has 0 spiro atoms. The molecule has 0 radical (unpaired) electrons. The Hall–Kier alpha value is -3.03. The van der Waals surface area contributed by atoms with Crippen LogP contribution in [0.3, 0.4) is 0 Å². The third kappa shape index (κ3) is 3.54. The number of benzene rings is 1. The third-order valence-electron chi connectivity index (χ3n) is 2.86. The summed E-state index contributed by atoms with van der Waals surface area (Å²) in [4.78, 5) is 20.5. The van der Waals surface area contributed by atoms with Gasteiger partial charge in [0.25, 0.3) is 5.69 Å². The summed E-state index contributed by atoms with van der Waals surface area (Å²) in [6.07, 6.45) is 6.67. The van der Waals surface area contributed by atoms with E-state index in [-0.39, 0.29) is 11.4 Å². The van der Waals surface area contributed by atoms with E-state index in [1.54, 1.807) is 25.5 Å². The van der Waals surface area contributed by atoms with Crippen LogP contribution in [0, 0.1) is 29.8 Å². The van der Waals surface area contributed by atoms with Crippen molar-refractivity contribution in [1.29, 1.82) is 0 Å². The quantitative estimate of drug-likeness (QED) is 0.582. The number of nitro benzene ring substituents is 1. The van der Waals surface area contributed by atoms with Crippen molar-refractivity contribution in [3.05, 3.63) is 70.6 Å². The van der Waals surface area contributed by atoms with Gasteiger partial charge in [0.05, 0.1) is 16.7 Å². The Balaban J connectivity index is 0.000000246. The molecule has 8 heteroatoms. The van der Waals surface area contributed by atoms with Gasteiger partial charge in [-0.3, -0.25) is 10.1 Å². The van der Waals surface area contributed by atoms with Crippen molar-refractivity contribution in [2.75, 3.05) is 0 Å². The monoisotopic (exact) mass is 303 g/mol. The molecule has 0 aliphatic heterocycles. The molecule has 1 N–H and O–H groups in total. The maximum Gasteiger partial charge on any atom is 0.272 e. The summed E-state index contributed by atoms with van der Waals surface area (Å²) in [5.41, 5.74) is -0.0142. The first-order valence-electron chi connectivity index (χ1n) is 6.39. The zero-order chi connectivity index (χ0) is 16.1. The summed E-state index contributed by atoms with van der Waals surface area (Å²) < 4.78 is 15.1. The van der Waals surface area contributed by atoms with Gasteiger partial charge in [0.2, 0.25) is 0 Å². The molecule has 0 saturated heterocycles. The molecule has 22 heavy (non-hydrogen) atoms. The molecule has 0 aliphatic carbocycles. The number of nitrogens with zero attached hydrogens (tertiary/aromatic N) is 4. The van der Waals surface area contributed by atoms with Gasteiger partial charge in [0.1, 0.15) is 11.6 Å². The van der Waals surface area contributed by atoms with E-state index < -0.39 is 10.7 Å². The number of imidazole rings is 2. The number of halogens is 1. The number of nitro groups is 1. The molecule has 0 atom stereocenters. The highest BCUT2D eigenvalue weighted by atomic mass is 19.1. The minimum atomic E-state index is -0.643. The van der Waals surface area contributed by atoms with Crippen molar-refractivity contribution >= 4 is 5.69 Å². The van der Waals surface area contributed by atoms with Gasteiger partial charge in [-0.2, -0.15) is 0 Å². The van der Waals surface area contributed by atoms with Gasteiger partial charge in [-0.1, -0.05) is 0 Å². The first-order valence-corrected chi connectivity index (χ1v) is 6.39. The molecular formula is C14H14FN5O2. The highest BCUT2D eigenvalue weighted by molar-refractivity contribution is 5.43. The van der Waals surface area contributed by atoms with E-state index in [9.17, 15) is 14.5 Å². The van der Waals surface area contributed by atoms with Crippen LogP contribution in [0.2, 0.25) is 0 Å². The van der Waals surface area contributed by atoms with E-state index in [0.717, 1.165) is 11.9 Å². The van der Waals surface area contributed by atoms with Crippen LogP contribution >= 0.6 is 0 Å². The van der Waals surface area contributed by atoms with Crippen molar-refractivity contribution in [3.8, 4) is 5.69 Å². The van der Waals surface area contributed by atoms with E-state index in [0.29, 0.717) is 5.82 Å². The molecule has 0 saturated carbocycles. The SMILES string of the molecule is Cc1ncc[nH]1.Cc1nccn1-c1ccc([N+](=O)[O-])cc1F. The van der Waals surface area contributed by atoms with Gasteiger partial charge in [-0.05, 0) is 19.9 Å². The molecule has 0 aliphatic rings. The smallest absolute Gasteiger partial charge is 0.272 e. The number of aryl methyl sites for hydroxylation is 2. The average Bonchev–Trinajstić information content (AvgIpc) is 3.11. The molecule has 0 unspecified atom stereocenters. The zero-order valence-corrected chi connectivity index (χ0v) is 12.0. The van der Waals surface area contributed by atoms with Crippen LogP contribution in [0.4, 0.5) is 10.1 Å². The number of non-ortho nitro benzene ring substituents is 1. The Labute approximate surface area is 125 Å². The summed E-state index contributed by atoms with van der Waals surface area (Å²) in [6, 6.07) is 3.52. The van der Waals surface area contributed by atoms with E-state index in [2.05, 4.69) is 15.0 Å². The minimum Gasteiger partial charge on any atom is -0.349 e. The van der Waals surface area contributed by atoms with Crippen LogP contribution in [0.25, 0.3) is 5.69 Å². The Bertz CT molecular complexity index is 767. The lowest BCUT2D eigenvalue weighted by Gasteiger charge is -2.05. The zero-order valence-electron chi connectivity index (χ0n) is 12.0. The van der Waals surface area contributed by atoms with E-state index >= 15 is 0 Å². The van der Waals surface area contributed by atoms with E-state index in [4.69, 9.17) is 0 Å². The molecule has 0 amide bonds. The summed E-state index contributed by atoms with van der Waals surface area (Å²) in [5.74, 6) is 0.943. The van der Waals surface area contributed by atoms with Crippen molar-refractivity contribution < 1.29 is 9.31 Å². The van der Waals surface area contributed by atoms with Crippen LogP contribution < -0.4 is 0 Å². The van der Waals surface area contributed by atoms with Crippen LogP contribution in [0.1, 0.15) is 11.6 Å². The highest BCUT2D eigenvalue weighted by Gasteiger charge is 2.12. The largest absolute Gasteiger partial charge is 0.349 e. The average molecular weight is 303 g/mol. The number of aromatic nitrogens is 4. The van der Waals surface area contributed by atoms with Crippen molar-refractivity contribution in [2.45, 2.75) is 13.8 Å². The number of nitrogens with one attached hydrogen (secondary N) is 1. The topological polar surface area (TPSA) is 89.6 Å². The molecule has 3 rings (SSSR count). The van der Waals surface area contributed by atoms with Gasteiger partial charge < -0.3 is 9.55 Å². The standard InChI is InChI=1S/C10H8FN3O2.C4H6N2/c1-7-12-4-5-13(7)10-3-2-8(14(15)16)6-9(10)11;1-4-5-2-3-6-4/h2-6H,1H3;2-3H,1H3,(H,5,6). The maximum atomic E-state index is 13.6. The van der Waals surface area contributed by atoms with Gasteiger partial charge in [-0.15, -0.1) is 0 Å². The summed E-state index contributed by atoms with van der Waals surface area (Å²) in [5, 5.41) is 10.4. The Morgan fingerprint density at radius 1 is 1.27 bits per heavy atom. The van der Waals surface area contributed by atoms with Crippen LogP contribution in [-0.2, 0) is 0 Å². The molecule has 3 aromatic rings. The van der Waals surface area contributed by atoms with Gasteiger partial charge >= 0.3 is 0 Å². The fourth-order valence-corrected chi connectivity index (χ4v) is 1.78. The van der Waals surface area contributed by atoms with Gasteiger partial charge in [0, 0.05) is 30.9 Å². The number of aromatic amines is 1. The van der Waals surface area contributed by atoms with Gasteiger partial charge in [0.15, 0.2) is 5.82 Å². The summed E-state index contributed by atoms with van der Waals surface area (Å²) >= 11 is 0. The Morgan fingerprint density at radius 2 is 2.05 bits per heavy atom. The second-order valence-electron chi connectivity index (χ2n) is 4.41. The Morgan fingerprint density at radius 3 is 2.45 bits per heavy atom. The molecule has 2 heterocycles. The predicted octanol–water partition coefficient (Wildman–Crippen LogP) is 2.95. The molecule has 114 valence electrons. The first-order chi connectivity index (χ1) is 10.5. The summed E-state index contributed by atoms with van der Waals surface area (Å²) in [6.45, 7) is 3.64. The Kier molecular flexibility index (Phi) is 4.62. The molecule has 1 aromatic carbocycles. The van der Waals surface area contributed by atoms with Crippen LogP contribution in [-0.4, -0.2) is 24.4 Å². The molecule has 0 fully saturated rings. The molecule has 7 nitrogen and oxygen atoms in total. The molecule has 0 bridgehead atoms. The lowest BCUT2D eigenvalue weighted by atomic mass is 10.2. The van der Waals surface area contributed by atoms with Crippen molar-refractivity contribution in [3.63, 3.8) is 0 Å². The number of hydrogen-bond acceptors (Lipinski definition) is 4.